The summed E-state index contributed by atoms with van der Waals surface area (Å²) >= 11 is 3.17. The van der Waals surface area contributed by atoms with Gasteiger partial charge < -0.3 is 9.47 Å². The third-order valence-corrected chi connectivity index (χ3v) is 3.60. The maximum Gasteiger partial charge on any atom is 0.173 e. The molecule has 0 radical (unpaired) electrons. The van der Waals surface area contributed by atoms with Gasteiger partial charge in [0.05, 0.1) is 25.2 Å². The van der Waals surface area contributed by atoms with Crippen molar-refractivity contribution in [3.63, 3.8) is 0 Å². The number of Topliss-reactive ketones (excluding diaryl/α,β-unsaturated/α-hetero) is 1. The number of alkyl halides is 1. The Morgan fingerprint density at radius 3 is 2.59 bits per heavy atom. The largest absolute Gasteiger partial charge is 0.493 e. The number of benzene rings is 2. The number of carbonyl (C=O) groups excluding carboxylic acids is 1. The molecule has 2 rings (SSSR count). The van der Waals surface area contributed by atoms with Crippen molar-refractivity contribution in [2.45, 2.75) is 13.0 Å². The van der Waals surface area contributed by atoms with E-state index in [1.807, 2.05) is 42.5 Å². The first-order valence-corrected chi connectivity index (χ1v) is 8.35. The van der Waals surface area contributed by atoms with Gasteiger partial charge in [-0.1, -0.05) is 58.4 Å². The van der Waals surface area contributed by atoms with Crippen molar-refractivity contribution >= 4 is 21.7 Å². The Labute approximate surface area is 139 Å². The zero-order valence-corrected chi connectivity index (χ0v) is 13.9. The Balaban J connectivity index is 1.65. The molecule has 0 saturated heterocycles. The molecule has 0 N–H and O–H groups in total. The van der Waals surface area contributed by atoms with Gasteiger partial charge in [-0.25, -0.2) is 0 Å². The number of carbonyl (C=O) groups is 1. The molecule has 3 nitrogen and oxygen atoms in total. The minimum atomic E-state index is 0.0524. The first kappa shape index (κ1) is 16.7. The summed E-state index contributed by atoms with van der Waals surface area (Å²) in [6.45, 7) is 1.84. The average Bonchev–Trinajstić information content (AvgIpc) is 2.58. The van der Waals surface area contributed by atoms with Crippen LogP contribution < -0.4 is 4.74 Å². The summed E-state index contributed by atoms with van der Waals surface area (Å²) in [6, 6.07) is 17.3. The van der Waals surface area contributed by atoms with E-state index in [-0.39, 0.29) is 5.78 Å². The van der Waals surface area contributed by atoms with Crippen LogP contribution in [-0.4, -0.2) is 24.3 Å². The van der Waals surface area contributed by atoms with Crippen LogP contribution in [0.5, 0.6) is 5.75 Å². The van der Waals surface area contributed by atoms with Gasteiger partial charge in [-0.15, -0.1) is 0 Å². The molecule has 0 fully saturated rings. The van der Waals surface area contributed by atoms with Gasteiger partial charge >= 0.3 is 0 Å². The molecule has 116 valence electrons. The second-order valence-corrected chi connectivity index (χ2v) is 5.39. The minimum absolute atomic E-state index is 0.0524. The van der Waals surface area contributed by atoms with Gasteiger partial charge in [0.15, 0.2) is 5.78 Å². The average molecular weight is 363 g/mol. The van der Waals surface area contributed by atoms with Crippen LogP contribution in [0, 0.1) is 0 Å². The summed E-state index contributed by atoms with van der Waals surface area (Å²) in [5.74, 6) is 0.770. The summed E-state index contributed by atoms with van der Waals surface area (Å²) in [6.07, 6.45) is 0.809. The first-order chi connectivity index (χ1) is 10.8. The predicted octanol–water partition coefficient (Wildman–Crippen LogP) is 4.25. The molecular weight excluding hydrogens is 344 g/mol. The summed E-state index contributed by atoms with van der Waals surface area (Å²) in [5, 5.41) is 0.323. The lowest BCUT2D eigenvalue weighted by atomic mass is 10.1. The highest BCUT2D eigenvalue weighted by atomic mass is 79.9. The fourth-order valence-electron chi connectivity index (χ4n) is 1.95. The highest BCUT2D eigenvalue weighted by Gasteiger charge is 2.04. The molecule has 0 atom stereocenters. The number of rotatable bonds is 9. The van der Waals surface area contributed by atoms with Crippen molar-refractivity contribution in [1.82, 2.24) is 0 Å². The maximum absolute atomic E-state index is 11.6. The molecule has 0 aromatic heterocycles. The van der Waals surface area contributed by atoms with Gasteiger partial charge in [-0.3, -0.25) is 4.79 Å². The minimum Gasteiger partial charge on any atom is -0.493 e. The Bertz CT molecular complexity index is 584. The number of hydrogen-bond acceptors (Lipinski definition) is 3. The molecule has 0 heterocycles. The van der Waals surface area contributed by atoms with Crippen molar-refractivity contribution in [2.75, 3.05) is 18.5 Å². The van der Waals surface area contributed by atoms with Crippen molar-refractivity contribution in [3.8, 4) is 5.75 Å². The second kappa shape index (κ2) is 9.38. The van der Waals surface area contributed by atoms with Gasteiger partial charge in [0, 0.05) is 12.0 Å². The van der Waals surface area contributed by atoms with E-state index >= 15 is 0 Å². The fourth-order valence-corrected chi connectivity index (χ4v) is 2.28. The summed E-state index contributed by atoms with van der Waals surface area (Å²) < 4.78 is 11.2. The van der Waals surface area contributed by atoms with Crippen LogP contribution in [0.3, 0.4) is 0 Å². The van der Waals surface area contributed by atoms with Crippen molar-refractivity contribution in [3.05, 3.63) is 65.7 Å². The molecular formula is C18H19BrO3. The van der Waals surface area contributed by atoms with Crippen molar-refractivity contribution in [1.29, 1.82) is 0 Å². The third kappa shape index (κ3) is 5.62. The normalized spacial score (nSPS) is 10.4. The van der Waals surface area contributed by atoms with Crippen LogP contribution in [0.15, 0.2) is 54.6 Å². The quantitative estimate of drug-likeness (QED) is 0.380. The van der Waals surface area contributed by atoms with Gasteiger partial charge in [0.2, 0.25) is 0 Å². The summed E-state index contributed by atoms with van der Waals surface area (Å²) in [5.41, 5.74) is 1.83. The van der Waals surface area contributed by atoms with E-state index in [1.165, 1.54) is 5.56 Å². The summed E-state index contributed by atoms with van der Waals surface area (Å²) in [4.78, 5) is 11.6. The molecule has 0 amide bonds. The van der Waals surface area contributed by atoms with Crippen LogP contribution in [0.4, 0.5) is 0 Å². The monoisotopic (exact) mass is 362 g/mol. The van der Waals surface area contributed by atoms with E-state index in [0.29, 0.717) is 30.7 Å². The predicted molar refractivity (Wildman–Crippen MR) is 90.8 cm³/mol. The number of ether oxygens (including phenoxy) is 2. The molecule has 2 aromatic rings. The van der Waals surface area contributed by atoms with Gasteiger partial charge in [0.25, 0.3) is 0 Å². The molecule has 4 heteroatoms. The topological polar surface area (TPSA) is 35.5 Å². The number of hydrogen-bond donors (Lipinski definition) is 0. The zero-order chi connectivity index (χ0) is 15.6. The van der Waals surface area contributed by atoms with E-state index in [2.05, 4.69) is 15.9 Å². The number of ketones is 1. The lowest BCUT2D eigenvalue weighted by Crippen LogP contribution is -2.04. The maximum atomic E-state index is 11.6. The Hall–Kier alpha value is -1.65. The fraction of sp³-hybridized carbons (Fsp3) is 0.278. The zero-order valence-electron chi connectivity index (χ0n) is 12.3. The lowest BCUT2D eigenvalue weighted by molar-refractivity contribution is 0.102. The lowest BCUT2D eigenvalue weighted by Gasteiger charge is -2.08. The number of halogens is 1. The SMILES string of the molecule is O=C(CBr)c1cccc(OCCCOCc2ccccc2)c1. The second-order valence-electron chi connectivity index (χ2n) is 4.82. The van der Waals surface area contributed by atoms with Crippen LogP contribution >= 0.6 is 15.9 Å². The highest BCUT2D eigenvalue weighted by molar-refractivity contribution is 9.09. The van der Waals surface area contributed by atoms with Crippen LogP contribution in [0.25, 0.3) is 0 Å². The molecule has 0 bridgehead atoms. The van der Waals surface area contributed by atoms with Crippen molar-refractivity contribution < 1.29 is 14.3 Å². The molecule has 0 aliphatic rings. The van der Waals surface area contributed by atoms with Crippen LogP contribution in [0.2, 0.25) is 0 Å². The molecule has 0 aliphatic carbocycles. The van der Waals surface area contributed by atoms with Crippen molar-refractivity contribution in [2.24, 2.45) is 0 Å². The standard InChI is InChI=1S/C18H19BrO3/c19-13-18(20)16-8-4-9-17(12-16)22-11-5-10-21-14-15-6-2-1-3-7-15/h1-4,6-9,12H,5,10-11,13-14H2. The van der Waals surface area contributed by atoms with E-state index in [4.69, 9.17) is 9.47 Å². The van der Waals surface area contributed by atoms with Gasteiger partial charge in [-0.2, -0.15) is 0 Å². The molecule has 2 aromatic carbocycles. The first-order valence-electron chi connectivity index (χ1n) is 7.23. The van der Waals surface area contributed by atoms with E-state index < -0.39 is 0 Å². The van der Waals surface area contributed by atoms with Gasteiger partial charge in [0.1, 0.15) is 5.75 Å². The Morgan fingerprint density at radius 1 is 1.00 bits per heavy atom. The smallest absolute Gasteiger partial charge is 0.173 e. The van der Waals surface area contributed by atoms with Crippen LogP contribution in [-0.2, 0) is 11.3 Å². The van der Waals surface area contributed by atoms with Gasteiger partial charge in [-0.05, 0) is 17.7 Å². The summed E-state index contributed by atoms with van der Waals surface area (Å²) in [7, 11) is 0. The Morgan fingerprint density at radius 2 is 1.82 bits per heavy atom. The molecule has 0 unspecified atom stereocenters. The Kier molecular flexibility index (Phi) is 7.13. The molecule has 22 heavy (non-hydrogen) atoms. The molecule has 0 spiro atoms. The molecule has 0 saturated carbocycles. The molecule has 0 aliphatic heterocycles. The van der Waals surface area contributed by atoms with E-state index in [9.17, 15) is 4.79 Å². The van der Waals surface area contributed by atoms with E-state index in [1.54, 1.807) is 12.1 Å². The van der Waals surface area contributed by atoms with Crippen LogP contribution in [0.1, 0.15) is 22.3 Å². The third-order valence-electron chi connectivity index (χ3n) is 3.09. The van der Waals surface area contributed by atoms with E-state index in [0.717, 1.165) is 12.2 Å². The highest BCUT2D eigenvalue weighted by Crippen LogP contribution is 2.14.